The molecule has 0 fully saturated rings. The Balaban J connectivity index is 2.16. The predicted molar refractivity (Wildman–Crippen MR) is 64.1 cm³/mol. The van der Waals surface area contributed by atoms with E-state index in [1.165, 1.54) is 0 Å². The Morgan fingerprint density at radius 1 is 1.25 bits per heavy atom. The Morgan fingerprint density at radius 2 is 2.00 bits per heavy atom. The van der Waals surface area contributed by atoms with Crippen molar-refractivity contribution in [2.45, 2.75) is 20.3 Å². The fourth-order valence-corrected chi connectivity index (χ4v) is 1.55. The highest BCUT2D eigenvalue weighted by Gasteiger charge is 2.00. The van der Waals surface area contributed by atoms with Crippen LogP contribution in [0, 0.1) is 6.92 Å². The summed E-state index contributed by atoms with van der Waals surface area (Å²) < 4.78 is 7.58. The van der Waals surface area contributed by atoms with Crippen LogP contribution < -0.4 is 4.74 Å². The van der Waals surface area contributed by atoms with Crippen molar-refractivity contribution >= 4 is 0 Å². The van der Waals surface area contributed by atoms with E-state index in [0.29, 0.717) is 0 Å². The van der Waals surface area contributed by atoms with Gasteiger partial charge in [0.2, 0.25) is 0 Å². The van der Waals surface area contributed by atoms with Crippen LogP contribution in [0.3, 0.4) is 0 Å². The van der Waals surface area contributed by atoms with Crippen molar-refractivity contribution in [3.05, 3.63) is 42.5 Å². The second kappa shape index (κ2) is 4.84. The third kappa shape index (κ3) is 2.24. The van der Waals surface area contributed by atoms with Crippen molar-refractivity contribution in [1.82, 2.24) is 9.55 Å². The maximum atomic E-state index is 5.53. The molecule has 0 radical (unpaired) electrons. The van der Waals surface area contributed by atoms with E-state index >= 15 is 0 Å². The maximum absolute atomic E-state index is 5.53. The number of ether oxygens (including phenoxy) is 1. The molecule has 16 heavy (non-hydrogen) atoms. The van der Waals surface area contributed by atoms with Crippen molar-refractivity contribution < 1.29 is 4.74 Å². The number of nitrogens with zero attached hydrogens (tertiary/aromatic N) is 2. The topological polar surface area (TPSA) is 27.1 Å². The summed E-state index contributed by atoms with van der Waals surface area (Å²) in [6, 6.07) is 8.06. The lowest BCUT2D eigenvalue weighted by Crippen LogP contribution is -1.97. The zero-order chi connectivity index (χ0) is 11.4. The SMILES string of the molecule is CCCOc1ccc(-n2cncc2C)cc1. The lowest BCUT2D eigenvalue weighted by molar-refractivity contribution is 0.317. The van der Waals surface area contributed by atoms with Crippen LogP contribution >= 0.6 is 0 Å². The highest BCUT2D eigenvalue weighted by Crippen LogP contribution is 2.16. The summed E-state index contributed by atoms with van der Waals surface area (Å²) in [5, 5.41) is 0. The van der Waals surface area contributed by atoms with Crippen molar-refractivity contribution in [1.29, 1.82) is 0 Å². The van der Waals surface area contributed by atoms with Gasteiger partial charge in [0.25, 0.3) is 0 Å². The van der Waals surface area contributed by atoms with Crippen molar-refractivity contribution in [3.8, 4) is 11.4 Å². The van der Waals surface area contributed by atoms with Gasteiger partial charge < -0.3 is 9.30 Å². The molecule has 0 spiro atoms. The quantitative estimate of drug-likeness (QED) is 0.785. The minimum absolute atomic E-state index is 0.767. The molecule has 0 aliphatic rings. The monoisotopic (exact) mass is 216 g/mol. The molecule has 1 heterocycles. The number of rotatable bonds is 4. The minimum Gasteiger partial charge on any atom is -0.494 e. The third-order valence-electron chi connectivity index (χ3n) is 2.41. The molecular formula is C13H16N2O. The predicted octanol–water partition coefficient (Wildman–Crippen LogP) is 2.97. The highest BCUT2D eigenvalue weighted by atomic mass is 16.5. The van der Waals surface area contributed by atoms with Gasteiger partial charge >= 0.3 is 0 Å². The molecule has 0 atom stereocenters. The molecule has 0 bridgehead atoms. The first kappa shape index (κ1) is 10.7. The van der Waals surface area contributed by atoms with Gasteiger partial charge in [-0.25, -0.2) is 4.98 Å². The standard InChI is InChI=1S/C13H16N2O/c1-3-8-16-13-6-4-12(5-7-13)15-10-14-9-11(15)2/h4-7,9-10H,3,8H2,1-2H3. The van der Waals surface area contributed by atoms with Gasteiger partial charge in [0.05, 0.1) is 12.9 Å². The summed E-state index contributed by atoms with van der Waals surface area (Å²) >= 11 is 0. The molecule has 0 N–H and O–H groups in total. The Labute approximate surface area is 95.7 Å². The van der Waals surface area contributed by atoms with Crippen LogP contribution in [-0.4, -0.2) is 16.2 Å². The van der Waals surface area contributed by atoms with Gasteiger partial charge in [0, 0.05) is 17.6 Å². The van der Waals surface area contributed by atoms with Crippen molar-refractivity contribution in [2.24, 2.45) is 0 Å². The molecule has 84 valence electrons. The Bertz CT molecular complexity index is 445. The number of imidazole rings is 1. The second-order valence-corrected chi connectivity index (χ2v) is 3.75. The molecule has 0 aliphatic heterocycles. The van der Waals surface area contributed by atoms with Gasteiger partial charge in [-0.1, -0.05) is 6.92 Å². The zero-order valence-corrected chi connectivity index (χ0v) is 9.68. The molecule has 2 aromatic rings. The summed E-state index contributed by atoms with van der Waals surface area (Å²) in [5.74, 6) is 0.920. The summed E-state index contributed by atoms with van der Waals surface area (Å²) in [6.07, 6.45) is 4.70. The minimum atomic E-state index is 0.767. The smallest absolute Gasteiger partial charge is 0.119 e. The van der Waals surface area contributed by atoms with Gasteiger partial charge in [0.1, 0.15) is 5.75 Å². The lowest BCUT2D eigenvalue weighted by atomic mass is 10.3. The molecule has 1 aromatic carbocycles. The van der Waals surface area contributed by atoms with E-state index in [-0.39, 0.29) is 0 Å². The summed E-state index contributed by atoms with van der Waals surface area (Å²) in [7, 11) is 0. The van der Waals surface area contributed by atoms with Crippen LogP contribution in [0.15, 0.2) is 36.8 Å². The molecule has 0 saturated heterocycles. The van der Waals surface area contributed by atoms with Gasteiger partial charge in [-0.15, -0.1) is 0 Å². The van der Waals surface area contributed by atoms with Crippen LogP contribution in [-0.2, 0) is 0 Å². The van der Waals surface area contributed by atoms with Gasteiger partial charge in [-0.05, 0) is 37.6 Å². The molecule has 3 heteroatoms. The molecule has 0 saturated carbocycles. The van der Waals surface area contributed by atoms with E-state index in [4.69, 9.17) is 4.74 Å². The fraction of sp³-hybridized carbons (Fsp3) is 0.308. The molecule has 3 nitrogen and oxygen atoms in total. The van der Waals surface area contributed by atoms with Crippen LogP contribution in [0.2, 0.25) is 0 Å². The molecular weight excluding hydrogens is 200 g/mol. The van der Waals surface area contributed by atoms with Crippen LogP contribution in [0.4, 0.5) is 0 Å². The Morgan fingerprint density at radius 3 is 2.56 bits per heavy atom. The highest BCUT2D eigenvalue weighted by molar-refractivity contribution is 5.38. The number of hydrogen-bond acceptors (Lipinski definition) is 2. The first-order valence-corrected chi connectivity index (χ1v) is 5.53. The van der Waals surface area contributed by atoms with Gasteiger partial charge in [-0.2, -0.15) is 0 Å². The normalized spacial score (nSPS) is 10.4. The van der Waals surface area contributed by atoms with Crippen LogP contribution in [0.1, 0.15) is 19.0 Å². The van der Waals surface area contributed by atoms with Gasteiger partial charge in [0.15, 0.2) is 0 Å². The van der Waals surface area contributed by atoms with Crippen molar-refractivity contribution in [3.63, 3.8) is 0 Å². The third-order valence-corrected chi connectivity index (χ3v) is 2.41. The first-order valence-electron chi connectivity index (χ1n) is 5.53. The van der Waals surface area contributed by atoms with E-state index in [2.05, 4.69) is 11.9 Å². The second-order valence-electron chi connectivity index (χ2n) is 3.75. The Kier molecular flexibility index (Phi) is 3.25. The van der Waals surface area contributed by atoms with E-state index in [9.17, 15) is 0 Å². The molecule has 2 rings (SSSR count). The van der Waals surface area contributed by atoms with E-state index in [0.717, 1.165) is 30.2 Å². The number of aromatic nitrogens is 2. The molecule has 1 aromatic heterocycles. The summed E-state index contributed by atoms with van der Waals surface area (Å²) in [6.45, 7) is 4.90. The van der Waals surface area contributed by atoms with E-state index in [1.807, 2.05) is 48.3 Å². The zero-order valence-electron chi connectivity index (χ0n) is 9.68. The molecule has 0 unspecified atom stereocenters. The fourth-order valence-electron chi connectivity index (χ4n) is 1.55. The number of aryl methyl sites for hydroxylation is 1. The largest absolute Gasteiger partial charge is 0.494 e. The maximum Gasteiger partial charge on any atom is 0.119 e. The molecule has 0 amide bonds. The van der Waals surface area contributed by atoms with Gasteiger partial charge in [-0.3, -0.25) is 0 Å². The van der Waals surface area contributed by atoms with Crippen molar-refractivity contribution in [2.75, 3.05) is 6.61 Å². The molecule has 0 aliphatic carbocycles. The Hall–Kier alpha value is -1.77. The average molecular weight is 216 g/mol. The van der Waals surface area contributed by atoms with Crippen LogP contribution in [0.25, 0.3) is 5.69 Å². The average Bonchev–Trinajstić information content (AvgIpc) is 2.74. The lowest BCUT2D eigenvalue weighted by Gasteiger charge is -2.07. The first-order chi connectivity index (χ1) is 7.81. The van der Waals surface area contributed by atoms with E-state index in [1.54, 1.807) is 0 Å². The number of hydrogen-bond donors (Lipinski definition) is 0. The summed E-state index contributed by atoms with van der Waals surface area (Å²) in [5.41, 5.74) is 2.24. The van der Waals surface area contributed by atoms with Crippen LogP contribution in [0.5, 0.6) is 5.75 Å². The number of benzene rings is 1. The summed E-state index contributed by atoms with van der Waals surface area (Å²) in [4.78, 5) is 4.10. The van der Waals surface area contributed by atoms with E-state index < -0.39 is 0 Å².